The number of carboxylic acids is 1. The van der Waals surface area contributed by atoms with Crippen LogP contribution in [-0.2, 0) is 19.6 Å². The fraction of sp³-hybridized carbons (Fsp3) is 0.500. The predicted molar refractivity (Wildman–Crippen MR) is 46.3 cm³/mol. The lowest BCUT2D eigenvalue weighted by atomic mass is 10.4. The minimum absolute atomic E-state index is 0.854. The van der Waals surface area contributed by atoms with Crippen molar-refractivity contribution in [3.05, 3.63) is 12.5 Å². The van der Waals surface area contributed by atoms with Crippen molar-refractivity contribution < 1.29 is 23.1 Å². The Morgan fingerprint density at radius 1 is 1.64 bits per heavy atom. The van der Waals surface area contributed by atoms with Crippen molar-refractivity contribution >= 4 is 16.0 Å². The summed E-state index contributed by atoms with van der Waals surface area (Å²) < 4.78 is 28.5. The van der Waals surface area contributed by atoms with E-state index in [0.717, 1.165) is 17.4 Å². The molecule has 1 atom stereocenters. The van der Waals surface area contributed by atoms with Gasteiger partial charge in [0, 0.05) is 13.2 Å². The fourth-order valence-corrected chi connectivity index (χ4v) is 1.78. The van der Waals surface area contributed by atoms with Gasteiger partial charge in [-0.3, -0.25) is 0 Å². The second kappa shape index (κ2) is 3.14. The number of ether oxygens (including phenoxy) is 1. The first kappa shape index (κ1) is 10.8. The summed E-state index contributed by atoms with van der Waals surface area (Å²) in [7, 11) is -2.30. The Hall–Kier alpha value is -1.28. The molecule has 0 saturated heterocycles. The van der Waals surface area contributed by atoms with E-state index in [1.807, 2.05) is 4.72 Å². The molecule has 0 saturated carbocycles. The van der Waals surface area contributed by atoms with Crippen LogP contribution in [-0.4, -0.2) is 43.5 Å². The van der Waals surface area contributed by atoms with E-state index in [-0.39, 0.29) is 0 Å². The molecule has 0 aliphatic carbocycles. The molecule has 0 aromatic carbocycles. The molecule has 2 N–H and O–H groups in total. The highest BCUT2D eigenvalue weighted by atomic mass is 32.2. The lowest BCUT2D eigenvalue weighted by molar-refractivity contribution is -0.173. The summed E-state index contributed by atoms with van der Waals surface area (Å²) >= 11 is 0. The summed E-state index contributed by atoms with van der Waals surface area (Å²) in [6.07, 6.45) is 3.27. The molecule has 1 unspecified atom stereocenters. The smallest absolute Gasteiger partial charge is 0.388 e. The Morgan fingerprint density at radius 2 is 2.21 bits per heavy atom. The van der Waals surface area contributed by atoms with E-state index < -0.39 is 21.8 Å². The first-order valence-corrected chi connectivity index (χ1v) is 5.47. The van der Waals surface area contributed by atoms with Crippen molar-refractivity contribution in [1.29, 1.82) is 0 Å². The van der Waals surface area contributed by atoms with E-state index >= 15 is 0 Å². The second-order valence-electron chi connectivity index (χ2n) is 2.84. The van der Waals surface area contributed by atoms with Crippen LogP contribution in [0.1, 0.15) is 0 Å². The number of likely N-dealkylation sites (N-methyl/N-ethyl adjacent to an activating group) is 1. The van der Waals surface area contributed by atoms with Gasteiger partial charge in [0.25, 0.3) is 0 Å². The number of hydrogen-bond donors (Lipinski definition) is 2. The van der Waals surface area contributed by atoms with Gasteiger partial charge in [-0.25, -0.2) is 13.2 Å². The van der Waals surface area contributed by atoms with Crippen molar-refractivity contribution in [3.8, 4) is 0 Å². The molecule has 0 spiro atoms. The Morgan fingerprint density at radius 3 is 2.50 bits per heavy atom. The molecular weight excluding hydrogens is 212 g/mol. The van der Waals surface area contributed by atoms with Crippen molar-refractivity contribution in [2.75, 3.05) is 13.3 Å². The maximum absolute atomic E-state index is 10.9. The normalized spacial score (nSPS) is 26.3. The summed E-state index contributed by atoms with van der Waals surface area (Å²) in [4.78, 5) is 12.0. The maximum Gasteiger partial charge on any atom is 0.388 e. The maximum atomic E-state index is 10.9. The number of sulfonamides is 1. The van der Waals surface area contributed by atoms with E-state index in [0.29, 0.717) is 0 Å². The van der Waals surface area contributed by atoms with Crippen molar-refractivity contribution in [3.63, 3.8) is 0 Å². The highest BCUT2D eigenvalue weighted by Crippen LogP contribution is 2.20. The predicted octanol–water partition coefficient (Wildman–Crippen LogP) is -1.29. The quantitative estimate of drug-likeness (QED) is 0.616. The summed E-state index contributed by atoms with van der Waals surface area (Å²) in [5.74, 6) is -3.50. The average molecular weight is 222 g/mol. The van der Waals surface area contributed by atoms with Gasteiger partial charge >= 0.3 is 11.8 Å². The minimum Gasteiger partial charge on any atom is -0.476 e. The summed E-state index contributed by atoms with van der Waals surface area (Å²) in [6, 6.07) is 0. The van der Waals surface area contributed by atoms with Crippen LogP contribution in [0.3, 0.4) is 0 Å². The average Bonchev–Trinajstić information content (AvgIpc) is 2.30. The van der Waals surface area contributed by atoms with Crippen LogP contribution >= 0.6 is 0 Å². The molecule has 0 amide bonds. The topological polar surface area (TPSA) is 95.9 Å². The molecule has 1 rings (SSSR count). The molecule has 1 aliphatic heterocycles. The number of aliphatic carboxylic acids is 1. The van der Waals surface area contributed by atoms with Crippen LogP contribution in [0.25, 0.3) is 0 Å². The van der Waals surface area contributed by atoms with Crippen LogP contribution in [0, 0.1) is 0 Å². The molecule has 0 radical (unpaired) electrons. The molecule has 0 fully saturated rings. The molecule has 7 nitrogen and oxygen atoms in total. The summed E-state index contributed by atoms with van der Waals surface area (Å²) in [5.41, 5.74) is 0. The van der Waals surface area contributed by atoms with E-state index in [2.05, 4.69) is 0 Å². The molecule has 1 heterocycles. The molecule has 0 aromatic heterocycles. The van der Waals surface area contributed by atoms with Crippen LogP contribution < -0.4 is 4.72 Å². The van der Waals surface area contributed by atoms with Gasteiger partial charge in [-0.15, -0.1) is 4.72 Å². The fourth-order valence-electron chi connectivity index (χ4n) is 1.00. The van der Waals surface area contributed by atoms with Crippen LogP contribution in [0.2, 0.25) is 0 Å². The van der Waals surface area contributed by atoms with Gasteiger partial charge in [0.15, 0.2) is 0 Å². The summed E-state index contributed by atoms with van der Waals surface area (Å²) in [5, 5.41) is 8.86. The first-order chi connectivity index (χ1) is 6.28. The lowest BCUT2D eigenvalue weighted by Crippen LogP contribution is -2.61. The zero-order chi connectivity index (χ0) is 11.0. The van der Waals surface area contributed by atoms with E-state index in [1.165, 1.54) is 13.2 Å². The third kappa shape index (κ3) is 1.80. The molecule has 8 heteroatoms. The molecule has 1 aliphatic rings. The third-order valence-electron chi connectivity index (χ3n) is 1.63. The van der Waals surface area contributed by atoms with E-state index in [1.54, 1.807) is 0 Å². The molecule has 80 valence electrons. The van der Waals surface area contributed by atoms with Crippen LogP contribution in [0.4, 0.5) is 0 Å². The van der Waals surface area contributed by atoms with E-state index in [4.69, 9.17) is 9.84 Å². The molecule has 14 heavy (non-hydrogen) atoms. The number of carbonyl (C=O) groups is 1. The number of nitrogens with one attached hydrogen (secondary N) is 1. The Bertz CT molecular complexity index is 376. The zero-order valence-electron chi connectivity index (χ0n) is 7.59. The van der Waals surface area contributed by atoms with Crippen molar-refractivity contribution in [1.82, 2.24) is 9.62 Å². The number of carboxylic acid groups (broad SMARTS) is 1. The second-order valence-corrected chi connectivity index (χ2v) is 4.59. The van der Waals surface area contributed by atoms with Gasteiger partial charge in [0.05, 0.1) is 6.26 Å². The van der Waals surface area contributed by atoms with Gasteiger partial charge in [0.1, 0.15) is 6.26 Å². The highest BCUT2D eigenvalue weighted by Gasteiger charge is 2.49. The van der Waals surface area contributed by atoms with Crippen molar-refractivity contribution in [2.24, 2.45) is 0 Å². The number of nitrogens with zero attached hydrogens (tertiary/aromatic N) is 1. The van der Waals surface area contributed by atoms with Gasteiger partial charge < -0.3 is 14.7 Å². The minimum atomic E-state index is -3.68. The van der Waals surface area contributed by atoms with Gasteiger partial charge in [-0.05, 0) is 0 Å². The highest BCUT2D eigenvalue weighted by molar-refractivity contribution is 7.88. The number of hydrogen-bond acceptors (Lipinski definition) is 5. The van der Waals surface area contributed by atoms with Gasteiger partial charge in [-0.1, -0.05) is 0 Å². The first-order valence-electron chi connectivity index (χ1n) is 3.58. The standard InChI is InChI=1S/C6H10N2O5S/c1-8-3-4-13-6(8,5(9)10)7-14(2,11)12/h3-4,7H,1-2H3,(H,9,10). The van der Waals surface area contributed by atoms with Crippen LogP contribution in [0.5, 0.6) is 0 Å². The molecular formula is C6H10N2O5S. The SMILES string of the molecule is CN1C=COC1(NS(C)(=O)=O)C(=O)O. The molecule has 0 bridgehead atoms. The zero-order valence-corrected chi connectivity index (χ0v) is 8.41. The monoisotopic (exact) mass is 222 g/mol. The van der Waals surface area contributed by atoms with Crippen molar-refractivity contribution in [2.45, 2.75) is 5.85 Å². The molecule has 0 aromatic rings. The van der Waals surface area contributed by atoms with E-state index in [9.17, 15) is 13.2 Å². The summed E-state index contributed by atoms with van der Waals surface area (Å²) in [6.45, 7) is 0. The Kier molecular flexibility index (Phi) is 2.42. The lowest BCUT2D eigenvalue weighted by Gasteiger charge is -2.30. The largest absolute Gasteiger partial charge is 0.476 e. The van der Waals surface area contributed by atoms with Gasteiger partial charge in [-0.2, -0.15) is 0 Å². The Labute approximate surface area is 81.0 Å². The van der Waals surface area contributed by atoms with Crippen LogP contribution in [0.15, 0.2) is 12.5 Å². The van der Waals surface area contributed by atoms with Gasteiger partial charge in [0.2, 0.25) is 10.0 Å². The third-order valence-corrected chi connectivity index (χ3v) is 2.28. The number of rotatable bonds is 3. The Balaban J connectivity index is 3.02.